The monoisotopic (exact) mass is 434 g/mol. The molecule has 0 saturated heterocycles. The molecule has 0 spiro atoms. The number of fused-ring (bicyclic) bond motifs is 1. The molecule has 0 unspecified atom stereocenters. The fourth-order valence-electron chi connectivity index (χ4n) is 2.70. The van der Waals surface area contributed by atoms with Crippen LogP contribution >= 0.6 is 0 Å². The van der Waals surface area contributed by atoms with E-state index >= 15 is 0 Å². The second-order valence-electron chi connectivity index (χ2n) is 6.34. The van der Waals surface area contributed by atoms with E-state index in [1.807, 2.05) is 6.07 Å². The van der Waals surface area contributed by atoms with Gasteiger partial charge in [0.1, 0.15) is 6.54 Å². The topological polar surface area (TPSA) is 154 Å². The Morgan fingerprint density at radius 1 is 1.17 bits per heavy atom. The highest BCUT2D eigenvalue weighted by Gasteiger charge is 2.17. The number of sulfonamides is 1. The Bertz CT molecular complexity index is 1230. The van der Waals surface area contributed by atoms with Crippen LogP contribution < -0.4 is 15.8 Å². The summed E-state index contributed by atoms with van der Waals surface area (Å²) in [7, 11) is -3.61. The first-order valence-electron chi connectivity index (χ1n) is 8.81. The van der Waals surface area contributed by atoms with E-state index in [4.69, 9.17) is 4.42 Å². The minimum Gasteiger partial charge on any atom is -0.407 e. The number of nitro groups is 1. The molecule has 0 aliphatic rings. The summed E-state index contributed by atoms with van der Waals surface area (Å²) < 4.78 is 32.5. The maximum atomic E-state index is 12.1. The molecule has 0 saturated carbocycles. The summed E-state index contributed by atoms with van der Waals surface area (Å²) in [5, 5.41) is 13.2. The standard InChI is InChI=1S/C18H18N4O7S/c23-17(19-8-9-30(27,28)20-11-13-4-2-1-3-5-13)12-21-15-7-6-14(22(25)26)10-16(15)29-18(21)24/h1-7,10,20H,8-9,11-12H2,(H,19,23). The molecule has 3 rings (SSSR count). The first-order chi connectivity index (χ1) is 14.2. The molecule has 0 bridgehead atoms. The Morgan fingerprint density at radius 3 is 2.60 bits per heavy atom. The lowest BCUT2D eigenvalue weighted by Crippen LogP contribution is -2.36. The molecular formula is C18H18N4O7S. The molecule has 2 aromatic carbocycles. The van der Waals surface area contributed by atoms with Crippen LogP contribution in [0.5, 0.6) is 0 Å². The van der Waals surface area contributed by atoms with Gasteiger partial charge in [-0.15, -0.1) is 0 Å². The van der Waals surface area contributed by atoms with E-state index in [-0.39, 0.29) is 35.6 Å². The van der Waals surface area contributed by atoms with Gasteiger partial charge in [0.05, 0.1) is 22.3 Å². The maximum Gasteiger partial charge on any atom is 0.420 e. The van der Waals surface area contributed by atoms with Crippen LogP contribution in [0.1, 0.15) is 5.56 Å². The van der Waals surface area contributed by atoms with Gasteiger partial charge in [-0.05, 0) is 11.6 Å². The van der Waals surface area contributed by atoms with E-state index in [0.29, 0.717) is 0 Å². The van der Waals surface area contributed by atoms with Crippen LogP contribution in [0, 0.1) is 10.1 Å². The Morgan fingerprint density at radius 2 is 1.90 bits per heavy atom. The lowest BCUT2D eigenvalue weighted by Gasteiger charge is -2.08. The van der Waals surface area contributed by atoms with Gasteiger partial charge in [0.2, 0.25) is 15.9 Å². The first-order valence-corrected chi connectivity index (χ1v) is 10.5. The van der Waals surface area contributed by atoms with E-state index in [0.717, 1.165) is 16.2 Å². The summed E-state index contributed by atoms with van der Waals surface area (Å²) in [6.45, 7) is -0.431. The third-order valence-electron chi connectivity index (χ3n) is 4.20. The predicted octanol–water partition coefficient (Wildman–Crippen LogP) is 0.738. The molecule has 0 radical (unpaired) electrons. The molecule has 0 aliphatic heterocycles. The number of non-ortho nitro benzene ring substituents is 1. The first kappa shape index (κ1) is 21.2. The zero-order valence-electron chi connectivity index (χ0n) is 15.6. The third-order valence-corrected chi connectivity index (χ3v) is 5.52. The van der Waals surface area contributed by atoms with Crippen LogP contribution in [0.25, 0.3) is 11.1 Å². The minimum atomic E-state index is -3.61. The number of nitrogens with zero attached hydrogens (tertiary/aromatic N) is 2. The summed E-state index contributed by atoms with van der Waals surface area (Å²) in [6.07, 6.45) is 0. The number of hydrogen-bond acceptors (Lipinski definition) is 7. The number of amides is 1. The Balaban J connectivity index is 1.55. The summed E-state index contributed by atoms with van der Waals surface area (Å²) >= 11 is 0. The Kier molecular flexibility index (Phi) is 6.28. The molecule has 1 heterocycles. The van der Waals surface area contributed by atoms with Crippen LogP contribution in [0.2, 0.25) is 0 Å². The SMILES string of the molecule is O=C(Cn1c(=O)oc2cc([N+](=O)[O-])ccc21)NCCS(=O)(=O)NCc1ccccc1. The van der Waals surface area contributed by atoms with E-state index < -0.39 is 33.2 Å². The molecule has 0 fully saturated rings. The number of carbonyl (C=O) groups is 1. The number of oxazole rings is 1. The van der Waals surface area contributed by atoms with Gasteiger partial charge >= 0.3 is 5.76 Å². The van der Waals surface area contributed by atoms with Crippen LogP contribution in [0.4, 0.5) is 5.69 Å². The summed E-state index contributed by atoms with van der Waals surface area (Å²) in [6, 6.07) is 12.6. The highest BCUT2D eigenvalue weighted by molar-refractivity contribution is 7.89. The van der Waals surface area contributed by atoms with Crippen molar-refractivity contribution in [2.24, 2.45) is 0 Å². The van der Waals surface area contributed by atoms with Crippen LogP contribution in [-0.2, 0) is 27.9 Å². The second-order valence-corrected chi connectivity index (χ2v) is 8.27. The van der Waals surface area contributed by atoms with Crippen molar-refractivity contribution in [1.29, 1.82) is 0 Å². The second kappa shape index (κ2) is 8.88. The zero-order valence-corrected chi connectivity index (χ0v) is 16.4. The summed E-state index contributed by atoms with van der Waals surface area (Å²) in [4.78, 5) is 34.2. The fraction of sp³-hybridized carbons (Fsp3) is 0.222. The van der Waals surface area contributed by atoms with Gasteiger partial charge in [-0.1, -0.05) is 30.3 Å². The van der Waals surface area contributed by atoms with E-state index in [2.05, 4.69) is 10.0 Å². The maximum absolute atomic E-state index is 12.1. The summed E-state index contributed by atoms with van der Waals surface area (Å²) in [5.74, 6) is -1.78. The van der Waals surface area contributed by atoms with Gasteiger partial charge in [0.15, 0.2) is 5.58 Å². The van der Waals surface area contributed by atoms with Crippen molar-refractivity contribution in [1.82, 2.24) is 14.6 Å². The van der Waals surface area contributed by atoms with Crippen molar-refractivity contribution in [3.05, 3.63) is 74.8 Å². The van der Waals surface area contributed by atoms with Crippen molar-refractivity contribution in [3.8, 4) is 0 Å². The van der Waals surface area contributed by atoms with Gasteiger partial charge in [-0.2, -0.15) is 0 Å². The fourth-order valence-corrected chi connectivity index (χ4v) is 3.61. The van der Waals surface area contributed by atoms with E-state index in [1.165, 1.54) is 12.1 Å². The highest BCUT2D eigenvalue weighted by atomic mass is 32.2. The van der Waals surface area contributed by atoms with Crippen LogP contribution in [-0.4, -0.2) is 36.1 Å². The van der Waals surface area contributed by atoms with Crippen molar-refractivity contribution < 1.29 is 22.6 Å². The number of nitro benzene ring substituents is 1. The predicted molar refractivity (Wildman–Crippen MR) is 107 cm³/mol. The minimum absolute atomic E-state index is 0.0188. The number of carbonyl (C=O) groups excluding carboxylic acids is 1. The molecule has 1 amide bonds. The number of nitrogens with one attached hydrogen (secondary N) is 2. The van der Waals surface area contributed by atoms with Crippen LogP contribution in [0.15, 0.2) is 57.7 Å². The zero-order chi connectivity index (χ0) is 21.7. The van der Waals surface area contributed by atoms with Crippen LogP contribution in [0.3, 0.4) is 0 Å². The molecular weight excluding hydrogens is 416 g/mol. The molecule has 0 atom stereocenters. The van der Waals surface area contributed by atoms with E-state index in [1.54, 1.807) is 24.3 Å². The quantitative estimate of drug-likeness (QED) is 0.372. The normalized spacial score (nSPS) is 11.5. The lowest BCUT2D eigenvalue weighted by molar-refractivity contribution is -0.384. The molecule has 158 valence electrons. The number of hydrogen-bond donors (Lipinski definition) is 2. The van der Waals surface area contributed by atoms with Crippen molar-refractivity contribution >= 4 is 32.7 Å². The molecule has 3 aromatic rings. The largest absolute Gasteiger partial charge is 0.420 e. The van der Waals surface area contributed by atoms with Gasteiger partial charge in [-0.25, -0.2) is 17.9 Å². The average Bonchev–Trinajstić information content (AvgIpc) is 3.01. The Hall–Kier alpha value is -3.51. The third kappa shape index (κ3) is 5.30. The van der Waals surface area contributed by atoms with Gasteiger partial charge < -0.3 is 9.73 Å². The van der Waals surface area contributed by atoms with Gasteiger partial charge in [0, 0.05) is 19.2 Å². The van der Waals surface area contributed by atoms with E-state index in [9.17, 15) is 28.1 Å². The lowest BCUT2D eigenvalue weighted by atomic mass is 10.2. The highest BCUT2D eigenvalue weighted by Crippen LogP contribution is 2.19. The molecule has 30 heavy (non-hydrogen) atoms. The molecule has 12 heteroatoms. The molecule has 11 nitrogen and oxygen atoms in total. The molecule has 1 aromatic heterocycles. The Labute approximate surface area is 170 Å². The van der Waals surface area contributed by atoms with Gasteiger partial charge in [0.25, 0.3) is 5.69 Å². The molecule has 2 N–H and O–H groups in total. The number of rotatable bonds is 9. The molecule has 0 aliphatic carbocycles. The van der Waals surface area contributed by atoms with Crippen molar-refractivity contribution in [2.45, 2.75) is 13.1 Å². The number of aromatic nitrogens is 1. The van der Waals surface area contributed by atoms with Crippen molar-refractivity contribution in [3.63, 3.8) is 0 Å². The average molecular weight is 434 g/mol. The van der Waals surface area contributed by atoms with Crippen molar-refractivity contribution in [2.75, 3.05) is 12.3 Å². The number of benzene rings is 2. The smallest absolute Gasteiger partial charge is 0.407 e. The van der Waals surface area contributed by atoms with Gasteiger partial charge in [-0.3, -0.25) is 19.5 Å². The summed E-state index contributed by atoms with van der Waals surface area (Å²) in [5.41, 5.74) is 0.755.